The van der Waals surface area contributed by atoms with Crippen molar-refractivity contribution in [2.24, 2.45) is 0 Å². The van der Waals surface area contributed by atoms with Crippen molar-refractivity contribution < 1.29 is 14.3 Å². The number of para-hydroxylation sites is 2. The largest absolute Gasteiger partial charge is 0.493 e. The molecule has 5 heteroatoms. The standard InChI is InChI=1S/C16H18N2O3/c1-11(21-15-9-4-3-8-14(15)20-2)16(19)18-13-7-5-6-12(17)10-13/h3-11H,17H2,1-2H3,(H,18,19)/t11-/m0/s1. The highest BCUT2D eigenvalue weighted by atomic mass is 16.5. The van der Waals surface area contributed by atoms with Crippen LogP contribution >= 0.6 is 0 Å². The van der Waals surface area contributed by atoms with Crippen LogP contribution in [0.1, 0.15) is 6.92 Å². The zero-order valence-electron chi connectivity index (χ0n) is 12.0. The van der Waals surface area contributed by atoms with Gasteiger partial charge in [0.05, 0.1) is 7.11 Å². The van der Waals surface area contributed by atoms with Crippen LogP contribution in [0.15, 0.2) is 48.5 Å². The lowest BCUT2D eigenvalue weighted by Gasteiger charge is -2.16. The van der Waals surface area contributed by atoms with Crippen LogP contribution in [0.2, 0.25) is 0 Å². The molecule has 21 heavy (non-hydrogen) atoms. The molecule has 0 aromatic heterocycles. The predicted molar refractivity (Wildman–Crippen MR) is 82.6 cm³/mol. The first-order chi connectivity index (χ1) is 10.1. The molecule has 1 atom stereocenters. The molecule has 0 saturated heterocycles. The van der Waals surface area contributed by atoms with Crippen molar-refractivity contribution in [3.63, 3.8) is 0 Å². The molecule has 0 aliphatic heterocycles. The van der Waals surface area contributed by atoms with E-state index in [0.717, 1.165) is 0 Å². The van der Waals surface area contributed by atoms with Crippen LogP contribution < -0.4 is 20.5 Å². The van der Waals surface area contributed by atoms with Crippen LogP contribution in [-0.4, -0.2) is 19.1 Å². The van der Waals surface area contributed by atoms with E-state index in [-0.39, 0.29) is 5.91 Å². The minimum Gasteiger partial charge on any atom is -0.493 e. The Morgan fingerprint density at radius 3 is 2.52 bits per heavy atom. The molecule has 0 aliphatic carbocycles. The van der Waals surface area contributed by atoms with Gasteiger partial charge in [-0.1, -0.05) is 18.2 Å². The Morgan fingerprint density at radius 2 is 1.86 bits per heavy atom. The van der Waals surface area contributed by atoms with Gasteiger partial charge in [-0.3, -0.25) is 4.79 Å². The summed E-state index contributed by atoms with van der Waals surface area (Å²) >= 11 is 0. The lowest BCUT2D eigenvalue weighted by atomic mass is 10.2. The Kier molecular flexibility index (Phi) is 4.66. The van der Waals surface area contributed by atoms with Crippen LogP contribution in [0.25, 0.3) is 0 Å². The number of nitrogens with one attached hydrogen (secondary N) is 1. The highest BCUT2D eigenvalue weighted by molar-refractivity contribution is 5.94. The molecule has 5 nitrogen and oxygen atoms in total. The van der Waals surface area contributed by atoms with E-state index >= 15 is 0 Å². The average Bonchev–Trinajstić information content (AvgIpc) is 2.47. The van der Waals surface area contributed by atoms with Crippen molar-refractivity contribution in [3.05, 3.63) is 48.5 Å². The van der Waals surface area contributed by atoms with Crippen molar-refractivity contribution in [2.75, 3.05) is 18.2 Å². The zero-order chi connectivity index (χ0) is 15.2. The molecule has 0 bridgehead atoms. The quantitative estimate of drug-likeness (QED) is 0.829. The average molecular weight is 286 g/mol. The highest BCUT2D eigenvalue weighted by Gasteiger charge is 2.16. The fraction of sp³-hybridized carbons (Fsp3) is 0.188. The van der Waals surface area contributed by atoms with Gasteiger partial charge in [0.25, 0.3) is 5.91 Å². The first kappa shape index (κ1) is 14.7. The molecule has 1 amide bonds. The number of benzene rings is 2. The summed E-state index contributed by atoms with van der Waals surface area (Å²) in [4.78, 5) is 12.1. The summed E-state index contributed by atoms with van der Waals surface area (Å²) in [6, 6.07) is 14.2. The molecule has 0 heterocycles. The Balaban J connectivity index is 2.02. The number of methoxy groups -OCH3 is 1. The molecule has 2 aromatic carbocycles. The van der Waals surface area contributed by atoms with Gasteiger partial charge in [0.15, 0.2) is 17.6 Å². The summed E-state index contributed by atoms with van der Waals surface area (Å²) in [5.74, 6) is 0.850. The Bertz CT molecular complexity index is 628. The molecule has 2 rings (SSSR count). The smallest absolute Gasteiger partial charge is 0.265 e. The molecular weight excluding hydrogens is 268 g/mol. The number of carbonyl (C=O) groups is 1. The Hall–Kier alpha value is -2.69. The number of nitrogens with two attached hydrogens (primary N) is 1. The van der Waals surface area contributed by atoms with E-state index in [4.69, 9.17) is 15.2 Å². The van der Waals surface area contributed by atoms with Crippen LogP contribution in [-0.2, 0) is 4.79 Å². The van der Waals surface area contributed by atoms with E-state index in [0.29, 0.717) is 22.9 Å². The number of carbonyl (C=O) groups excluding carboxylic acids is 1. The first-order valence-corrected chi connectivity index (χ1v) is 6.56. The van der Waals surface area contributed by atoms with Crippen LogP contribution in [0.3, 0.4) is 0 Å². The van der Waals surface area contributed by atoms with E-state index in [9.17, 15) is 4.79 Å². The van der Waals surface area contributed by atoms with Gasteiger partial charge in [-0.25, -0.2) is 0 Å². The topological polar surface area (TPSA) is 73.6 Å². The monoisotopic (exact) mass is 286 g/mol. The minimum absolute atomic E-state index is 0.258. The molecule has 0 unspecified atom stereocenters. The third-order valence-corrected chi connectivity index (χ3v) is 2.90. The number of amides is 1. The molecular formula is C16H18N2O3. The van der Waals surface area contributed by atoms with Gasteiger partial charge >= 0.3 is 0 Å². The summed E-state index contributed by atoms with van der Waals surface area (Å²) in [6.45, 7) is 1.67. The summed E-state index contributed by atoms with van der Waals surface area (Å²) in [5.41, 5.74) is 6.90. The summed E-state index contributed by atoms with van der Waals surface area (Å²) in [6.07, 6.45) is -0.664. The van der Waals surface area contributed by atoms with E-state index < -0.39 is 6.10 Å². The lowest BCUT2D eigenvalue weighted by molar-refractivity contribution is -0.122. The molecule has 0 saturated carbocycles. The normalized spacial score (nSPS) is 11.5. The first-order valence-electron chi connectivity index (χ1n) is 6.56. The van der Waals surface area contributed by atoms with Crippen LogP contribution in [0.4, 0.5) is 11.4 Å². The van der Waals surface area contributed by atoms with Gasteiger partial charge in [-0.15, -0.1) is 0 Å². The van der Waals surface area contributed by atoms with Crippen molar-refractivity contribution in [1.82, 2.24) is 0 Å². The molecule has 0 aliphatic rings. The van der Waals surface area contributed by atoms with Gasteiger partial charge in [-0.05, 0) is 37.3 Å². The maximum absolute atomic E-state index is 12.1. The number of anilines is 2. The Labute approximate surface area is 123 Å². The maximum Gasteiger partial charge on any atom is 0.265 e. The summed E-state index contributed by atoms with van der Waals surface area (Å²) < 4.78 is 10.8. The third-order valence-electron chi connectivity index (χ3n) is 2.90. The molecule has 2 aromatic rings. The van der Waals surface area contributed by atoms with Crippen LogP contribution in [0, 0.1) is 0 Å². The van der Waals surface area contributed by atoms with Crippen molar-refractivity contribution >= 4 is 17.3 Å². The fourth-order valence-electron chi connectivity index (χ4n) is 1.82. The molecule has 110 valence electrons. The van der Waals surface area contributed by atoms with E-state index in [2.05, 4.69) is 5.32 Å². The SMILES string of the molecule is COc1ccccc1O[C@@H](C)C(=O)Nc1cccc(N)c1. The molecule has 0 radical (unpaired) electrons. The zero-order valence-corrected chi connectivity index (χ0v) is 12.0. The maximum atomic E-state index is 12.1. The third kappa shape index (κ3) is 3.89. The minimum atomic E-state index is -0.664. The molecule has 3 N–H and O–H groups in total. The lowest BCUT2D eigenvalue weighted by Crippen LogP contribution is -2.30. The van der Waals surface area contributed by atoms with Crippen molar-refractivity contribution in [1.29, 1.82) is 0 Å². The number of nitrogen functional groups attached to an aromatic ring is 1. The van der Waals surface area contributed by atoms with Crippen molar-refractivity contribution in [2.45, 2.75) is 13.0 Å². The van der Waals surface area contributed by atoms with Gasteiger partial charge in [0, 0.05) is 11.4 Å². The second kappa shape index (κ2) is 6.65. The van der Waals surface area contributed by atoms with Crippen LogP contribution in [0.5, 0.6) is 11.5 Å². The number of rotatable bonds is 5. The summed E-state index contributed by atoms with van der Waals surface area (Å²) in [7, 11) is 1.56. The van der Waals surface area contributed by atoms with Gasteiger partial charge < -0.3 is 20.5 Å². The summed E-state index contributed by atoms with van der Waals surface area (Å²) in [5, 5.41) is 2.76. The fourth-order valence-corrected chi connectivity index (χ4v) is 1.82. The second-order valence-corrected chi connectivity index (χ2v) is 4.53. The number of hydrogen-bond acceptors (Lipinski definition) is 4. The second-order valence-electron chi connectivity index (χ2n) is 4.53. The van der Waals surface area contributed by atoms with Crippen molar-refractivity contribution in [3.8, 4) is 11.5 Å². The molecule has 0 fully saturated rings. The van der Waals surface area contributed by atoms with E-state index in [1.807, 2.05) is 12.1 Å². The predicted octanol–water partition coefficient (Wildman–Crippen LogP) is 2.68. The van der Waals surface area contributed by atoms with Gasteiger partial charge in [0.1, 0.15) is 0 Å². The van der Waals surface area contributed by atoms with Gasteiger partial charge in [0.2, 0.25) is 0 Å². The van der Waals surface area contributed by atoms with Gasteiger partial charge in [-0.2, -0.15) is 0 Å². The highest BCUT2D eigenvalue weighted by Crippen LogP contribution is 2.27. The Morgan fingerprint density at radius 1 is 1.14 bits per heavy atom. The number of hydrogen-bond donors (Lipinski definition) is 2. The van der Waals surface area contributed by atoms with E-state index in [1.165, 1.54) is 0 Å². The molecule has 0 spiro atoms. The van der Waals surface area contributed by atoms with E-state index in [1.54, 1.807) is 50.4 Å². The number of ether oxygens (including phenoxy) is 2.